The minimum absolute atomic E-state index is 0.0386. The molecule has 0 bridgehead atoms. The average molecular weight is 426 g/mol. The molecule has 3 rings (SSSR count). The summed E-state index contributed by atoms with van der Waals surface area (Å²) in [5.41, 5.74) is 1.98. The summed E-state index contributed by atoms with van der Waals surface area (Å²) in [6, 6.07) is 15.4. The molecule has 0 atom stereocenters. The van der Waals surface area contributed by atoms with E-state index in [2.05, 4.69) is 20.6 Å². The maximum atomic E-state index is 12.1. The number of carbonyl (C=O) groups is 1. The molecule has 0 saturated carbocycles. The number of hydrogen-bond donors (Lipinski definition) is 2. The molecule has 8 nitrogen and oxygen atoms in total. The van der Waals surface area contributed by atoms with Crippen LogP contribution in [-0.2, 0) is 9.84 Å². The molecule has 0 aliphatic rings. The highest BCUT2D eigenvalue weighted by atomic mass is 32.2. The first-order valence-corrected chi connectivity index (χ1v) is 10.9. The molecule has 3 aromatic rings. The Morgan fingerprint density at radius 2 is 1.57 bits per heavy atom. The summed E-state index contributed by atoms with van der Waals surface area (Å²) in [5, 5.41) is 6.26. The van der Waals surface area contributed by atoms with Gasteiger partial charge in [0.05, 0.1) is 10.6 Å². The van der Waals surface area contributed by atoms with E-state index in [1.54, 1.807) is 75.6 Å². The van der Waals surface area contributed by atoms with Crippen LogP contribution in [0.15, 0.2) is 65.8 Å². The number of benzene rings is 2. The number of nitrogens with one attached hydrogen (secondary N) is 2. The van der Waals surface area contributed by atoms with Crippen LogP contribution in [0.3, 0.4) is 0 Å². The van der Waals surface area contributed by atoms with Crippen molar-refractivity contribution in [2.75, 3.05) is 30.5 Å². The van der Waals surface area contributed by atoms with E-state index in [1.807, 2.05) is 0 Å². The number of amides is 1. The second-order valence-electron chi connectivity index (χ2n) is 6.75. The van der Waals surface area contributed by atoms with Crippen molar-refractivity contribution in [3.63, 3.8) is 0 Å². The fraction of sp³-hybridized carbons (Fsp3) is 0.190. The van der Waals surface area contributed by atoms with Crippen molar-refractivity contribution < 1.29 is 13.2 Å². The van der Waals surface area contributed by atoms with E-state index in [9.17, 15) is 13.2 Å². The second-order valence-corrected chi connectivity index (χ2v) is 9.02. The van der Waals surface area contributed by atoms with Gasteiger partial charge in [0.15, 0.2) is 9.84 Å². The zero-order chi connectivity index (χ0) is 21.7. The van der Waals surface area contributed by atoms with Crippen LogP contribution in [0.25, 0.3) is 0 Å². The average Bonchev–Trinajstić information content (AvgIpc) is 2.74. The molecule has 156 valence electrons. The van der Waals surface area contributed by atoms with E-state index in [0.29, 0.717) is 22.9 Å². The van der Waals surface area contributed by atoms with Crippen molar-refractivity contribution in [2.45, 2.75) is 11.8 Å². The van der Waals surface area contributed by atoms with Gasteiger partial charge in [0.2, 0.25) is 0 Å². The molecule has 9 heteroatoms. The third kappa shape index (κ3) is 5.12. The van der Waals surface area contributed by atoms with E-state index >= 15 is 0 Å². The van der Waals surface area contributed by atoms with Crippen LogP contribution in [0.4, 0.5) is 23.0 Å². The Morgan fingerprint density at radius 3 is 2.17 bits per heavy atom. The Labute approximate surface area is 175 Å². The summed E-state index contributed by atoms with van der Waals surface area (Å²) < 4.78 is 24.2. The molecule has 1 aromatic heterocycles. The summed E-state index contributed by atoms with van der Waals surface area (Å²) in [4.78, 5) is 22.1. The van der Waals surface area contributed by atoms with Gasteiger partial charge in [0.1, 0.15) is 18.0 Å². The normalized spacial score (nSPS) is 11.0. The molecule has 1 heterocycles. The monoisotopic (exact) mass is 425 g/mol. The van der Waals surface area contributed by atoms with Gasteiger partial charge in [-0.2, -0.15) is 0 Å². The highest BCUT2D eigenvalue weighted by Gasteiger charge is 2.12. The minimum atomic E-state index is -3.29. The largest absolute Gasteiger partial charge is 0.345 e. The minimum Gasteiger partial charge on any atom is -0.345 e. The van der Waals surface area contributed by atoms with Crippen LogP contribution in [-0.4, -0.2) is 49.0 Å². The second kappa shape index (κ2) is 8.91. The number of rotatable bonds is 7. The van der Waals surface area contributed by atoms with E-state index in [1.165, 1.54) is 11.2 Å². The van der Waals surface area contributed by atoms with Gasteiger partial charge in [-0.15, -0.1) is 0 Å². The zero-order valence-electron chi connectivity index (χ0n) is 17.0. The van der Waals surface area contributed by atoms with Crippen LogP contribution < -0.4 is 10.6 Å². The van der Waals surface area contributed by atoms with E-state index in [-0.39, 0.29) is 16.6 Å². The lowest BCUT2D eigenvalue weighted by atomic mass is 10.2. The fourth-order valence-electron chi connectivity index (χ4n) is 2.68. The van der Waals surface area contributed by atoms with Crippen LogP contribution in [0.1, 0.15) is 17.3 Å². The Balaban J connectivity index is 1.74. The molecule has 0 radical (unpaired) electrons. The number of carbonyl (C=O) groups excluding carboxylic acids is 1. The molecule has 2 aromatic carbocycles. The first-order chi connectivity index (χ1) is 14.3. The Kier molecular flexibility index (Phi) is 6.31. The molecular weight excluding hydrogens is 402 g/mol. The maximum absolute atomic E-state index is 12.1. The Hall–Kier alpha value is -3.46. The molecule has 0 aliphatic carbocycles. The van der Waals surface area contributed by atoms with Gasteiger partial charge in [-0.1, -0.05) is 13.0 Å². The molecule has 0 aliphatic heterocycles. The van der Waals surface area contributed by atoms with Crippen molar-refractivity contribution in [3.8, 4) is 0 Å². The number of sulfone groups is 1. The number of anilines is 4. The molecule has 30 heavy (non-hydrogen) atoms. The molecule has 0 fully saturated rings. The molecular formula is C21H23N5O3S. The van der Waals surface area contributed by atoms with Crippen molar-refractivity contribution in [2.24, 2.45) is 0 Å². The smallest absolute Gasteiger partial charge is 0.253 e. The van der Waals surface area contributed by atoms with Crippen LogP contribution >= 0.6 is 0 Å². The molecule has 1 amide bonds. The quantitative estimate of drug-likeness (QED) is 0.597. The third-order valence-electron chi connectivity index (χ3n) is 4.32. The highest BCUT2D eigenvalue weighted by Crippen LogP contribution is 2.22. The van der Waals surface area contributed by atoms with Crippen molar-refractivity contribution >= 4 is 38.8 Å². The maximum Gasteiger partial charge on any atom is 0.253 e. The summed E-state index contributed by atoms with van der Waals surface area (Å²) in [6.07, 6.45) is 1.40. The summed E-state index contributed by atoms with van der Waals surface area (Å²) in [6.45, 7) is 1.61. The van der Waals surface area contributed by atoms with Gasteiger partial charge in [-0.05, 0) is 42.5 Å². The van der Waals surface area contributed by atoms with Gasteiger partial charge >= 0.3 is 0 Å². The summed E-state index contributed by atoms with van der Waals surface area (Å²) in [5.74, 6) is 1.04. The lowest BCUT2D eigenvalue weighted by molar-refractivity contribution is 0.0827. The predicted molar refractivity (Wildman–Crippen MR) is 117 cm³/mol. The van der Waals surface area contributed by atoms with Crippen molar-refractivity contribution in [3.05, 3.63) is 66.5 Å². The molecule has 0 saturated heterocycles. The zero-order valence-corrected chi connectivity index (χ0v) is 17.8. The summed E-state index contributed by atoms with van der Waals surface area (Å²) >= 11 is 0. The van der Waals surface area contributed by atoms with Crippen LogP contribution in [0.5, 0.6) is 0 Å². The lowest BCUT2D eigenvalue weighted by Gasteiger charge is -2.12. The van der Waals surface area contributed by atoms with Crippen LogP contribution in [0, 0.1) is 0 Å². The highest BCUT2D eigenvalue weighted by molar-refractivity contribution is 7.91. The number of aromatic nitrogens is 2. The molecule has 2 N–H and O–H groups in total. The summed E-state index contributed by atoms with van der Waals surface area (Å²) in [7, 11) is 0.122. The topological polar surface area (TPSA) is 104 Å². The third-order valence-corrected chi connectivity index (χ3v) is 6.06. The van der Waals surface area contributed by atoms with Gasteiger partial charge in [0.25, 0.3) is 5.91 Å². The Morgan fingerprint density at radius 1 is 0.933 bits per heavy atom. The van der Waals surface area contributed by atoms with Crippen LogP contribution in [0.2, 0.25) is 0 Å². The SMILES string of the molecule is CCS(=O)(=O)c1cccc(Nc2cc(Nc3ccc(C(=O)N(C)C)cc3)ncn2)c1. The predicted octanol–water partition coefficient (Wildman–Crippen LogP) is 3.46. The lowest BCUT2D eigenvalue weighted by Crippen LogP contribution is -2.21. The van der Waals surface area contributed by atoms with Crippen molar-refractivity contribution in [1.29, 1.82) is 0 Å². The van der Waals surface area contributed by atoms with Gasteiger partial charge in [0, 0.05) is 37.1 Å². The van der Waals surface area contributed by atoms with Gasteiger partial charge < -0.3 is 15.5 Å². The van der Waals surface area contributed by atoms with E-state index in [4.69, 9.17) is 0 Å². The van der Waals surface area contributed by atoms with Crippen molar-refractivity contribution in [1.82, 2.24) is 14.9 Å². The Bertz CT molecular complexity index is 1150. The molecule has 0 spiro atoms. The van der Waals surface area contributed by atoms with Gasteiger partial charge in [-0.3, -0.25) is 4.79 Å². The van der Waals surface area contributed by atoms with Gasteiger partial charge in [-0.25, -0.2) is 18.4 Å². The van der Waals surface area contributed by atoms with E-state index in [0.717, 1.165) is 5.69 Å². The van der Waals surface area contributed by atoms with E-state index < -0.39 is 9.84 Å². The standard InChI is InChI=1S/C21H23N5O3S/c1-4-30(28,29)18-7-5-6-17(12-18)25-20-13-19(22-14-23-20)24-16-10-8-15(9-11-16)21(27)26(2)3/h5-14H,4H2,1-3H3,(H2,22,23,24,25). The first-order valence-electron chi connectivity index (χ1n) is 9.29. The first kappa shape index (κ1) is 21.3. The molecule has 0 unspecified atom stereocenters. The number of hydrogen-bond acceptors (Lipinski definition) is 7. The number of nitrogens with zero attached hydrogens (tertiary/aromatic N) is 3. The fourth-order valence-corrected chi connectivity index (χ4v) is 3.60.